The van der Waals surface area contributed by atoms with Gasteiger partial charge in [-0.1, -0.05) is 30.3 Å². The number of rotatable bonds is 4. The van der Waals surface area contributed by atoms with Crippen molar-refractivity contribution >= 4 is 0 Å². The lowest BCUT2D eigenvalue weighted by atomic mass is 9.70. The van der Waals surface area contributed by atoms with Crippen molar-refractivity contribution in [3.63, 3.8) is 0 Å². The normalized spacial score (nSPS) is 24.3. The molecular weight excluding hydrogens is 424 g/mol. The van der Waals surface area contributed by atoms with Crippen molar-refractivity contribution in [1.82, 2.24) is 0 Å². The number of epoxide rings is 2. The highest BCUT2D eigenvalue weighted by Gasteiger charge is 2.50. The third-order valence-electron chi connectivity index (χ3n) is 8.33. The fourth-order valence-corrected chi connectivity index (χ4v) is 6.30. The van der Waals surface area contributed by atoms with E-state index in [0.717, 1.165) is 52.5 Å². The Balaban J connectivity index is 1.80. The van der Waals surface area contributed by atoms with Crippen LogP contribution in [-0.2, 0) is 19.8 Å². The molecule has 0 aliphatic carbocycles. The Bertz CT molecular complexity index is 1250. The first-order valence-corrected chi connectivity index (χ1v) is 12.1. The van der Waals surface area contributed by atoms with E-state index in [2.05, 4.69) is 71.9 Å². The van der Waals surface area contributed by atoms with Gasteiger partial charge in [-0.3, -0.25) is 0 Å². The van der Waals surface area contributed by atoms with E-state index in [1.165, 1.54) is 33.4 Å². The Morgan fingerprint density at radius 2 is 1.12 bits per heavy atom. The molecule has 176 valence electrons. The maximum absolute atomic E-state index is 6.89. The summed E-state index contributed by atoms with van der Waals surface area (Å²) in [5.74, 6) is 1.82. The molecule has 0 spiro atoms. The van der Waals surface area contributed by atoms with Gasteiger partial charge in [0.25, 0.3) is 0 Å². The average molecular weight is 457 g/mol. The molecule has 3 heterocycles. The lowest BCUT2D eigenvalue weighted by Gasteiger charge is -2.44. The standard InChI is InChI=1S/C30H32O4/c1-15-17(3)28-26(19(5)24(15)22-13-32-22)30(31-7,21-11-9-8-10-12-21)27-20(6)25(23-14-33-23)16(2)18(4)29(27)34-28/h8-12,22-23H,13-14H2,1-7H3. The summed E-state index contributed by atoms with van der Waals surface area (Å²) in [5, 5.41) is 0. The van der Waals surface area contributed by atoms with E-state index in [9.17, 15) is 0 Å². The molecule has 3 aromatic rings. The van der Waals surface area contributed by atoms with Crippen LogP contribution in [0.3, 0.4) is 0 Å². The highest BCUT2D eigenvalue weighted by Crippen LogP contribution is 2.59. The molecule has 4 nitrogen and oxygen atoms in total. The van der Waals surface area contributed by atoms with Gasteiger partial charge >= 0.3 is 0 Å². The van der Waals surface area contributed by atoms with Crippen LogP contribution >= 0.6 is 0 Å². The van der Waals surface area contributed by atoms with Crippen LogP contribution in [-0.4, -0.2) is 20.3 Å². The van der Waals surface area contributed by atoms with Gasteiger partial charge in [0, 0.05) is 18.2 Å². The van der Waals surface area contributed by atoms with Gasteiger partial charge in [-0.25, -0.2) is 0 Å². The van der Waals surface area contributed by atoms with Gasteiger partial charge in [0.15, 0.2) is 5.60 Å². The molecule has 4 heteroatoms. The first kappa shape index (κ1) is 21.8. The van der Waals surface area contributed by atoms with Crippen molar-refractivity contribution in [3.05, 3.63) is 91.5 Å². The predicted molar refractivity (Wildman–Crippen MR) is 132 cm³/mol. The predicted octanol–water partition coefficient (Wildman–Crippen LogP) is 6.72. The van der Waals surface area contributed by atoms with Gasteiger partial charge in [-0.05, 0) is 91.6 Å². The van der Waals surface area contributed by atoms with Gasteiger partial charge in [0.2, 0.25) is 0 Å². The second-order valence-electron chi connectivity index (χ2n) is 9.98. The van der Waals surface area contributed by atoms with Gasteiger partial charge in [-0.15, -0.1) is 0 Å². The molecule has 0 bridgehead atoms. The van der Waals surface area contributed by atoms with Crippen LogP contribution in [0.2, 0.25) is 0 Å². The monoisotopic (exact) mass is 456 g/mol. The molecule has 6 rings (SSSR count). The van der Waals surface area contributed by atoms with Gasteiger partial charge in [0.05, 0.1) is 13.2 Å². The minimum absolute atomic E-state index is 0.145. The number of hydrogen-bond acceptors (Lipinski definition) is 4. The van der Waals surface area contributed by atoms with Crippen molar-refractivity contribution in [2.45, 2.75) is 59.4 Å². The molecular formula is C30H32O4. The van der Waals surface area contributed by atoms with Crippen LogP contribution in [0.15, 0.2) is 30.3 Å². The fraction of sp³-hybridized carbons (Fsp3) is 0.400. The van der Waals surface area contributed by atoms with Crippen molar-refractivity contribution in [1.29, 1.82) is 0 Å². The topological polar surface area (TPSA) is 43.5 Å². The van der Waals surface area contributed by atoms with Crippen LogP contribution in [0, 0.1) is 41.5 Å². The summed E-state index contributed by atoms with van der Waals surface area (Å²) in [6.45, 7) is 14.6. The van der Waals surface area contributed by atoms with Crippen molar-refractivity contribution in [3.8, 4) is 11.5 Å². The largest absolute Gasteiger partial charge is 0.456 e. The van der Waals surface area contributed by atoms with Crippen molar-refractivity contribution < 1.29 is 18.9 Å². The third kappa shape index (κ3) is 2.76. The molecule has 3 aromatic carbocycles. The minimum Gasteiger partial charge on any atom is -0.456 e. The molecule has 0 aromatic heterocycles. The second kappa shape index (κ2) is 7.42. The Morgan fingerprint density at radius 3 is 1.50 bits per heavy atom. The molecule has 34 heavy (non-hydrogen) atoms. The third-order valence-corrected chi connectivity index (χ3v) is 8.33. The number of fused-ring (bicyclic) bond motifs is 2. The molecule has 3 aliphatic heterocycles. The Kier molecular flexibility index (Phi) is 4.77. The van der Waals surface area contributed by atoms with E-state index < -0.39 is 5.60 Å². The average Bonchev–Trinajstić information content (AvgIpc) is 3.76. The SMILES string of the molecule is COC1(c2ccccc2)c2c(C)c(C3CO3)c(C)c(C)c2Oc2c(C)c(C)c(C3CO3)c(C)c21. The summed E-state index contributed by atoms with van der Waals surface area (Å²) < 4.78 is 25.2. The summed E-state index contributed by atoms with van der Waals surface area (Å²) in [6, 6.07) is 10.6. The molecule has 0 amide bonds. The summed E-state index contributed by atoms with van der Waals surface area (Å²) in [6.07, 6.45) is 0.291. The van der Waals surface area contributed by atoms with E-state index >= 15 is 0 Å². The maximum atomic E-state index is 6.89. The zero-order chi connectivity index (χ0) is 23.9. The van der Waals surface area contributed by atoms with Gasteiger partial charge in [-0.2, -0.15) is 0 Å². The second-order valence-corrected chi connectivity index (χ2v) is 9.98. The van der Waals surface area contributed by atoms with Gasteiger partial charge in [0.1, 0.15) is 23.7 Å². The van der Waals surface area contributed by atoms with E-state index in [-0.39, 0.29) is 12.2 Å². The zero-order valence-electron chi connectivity index (χ0n) is 21.1. The van der Waals surface area contributed by atoms with Crippen LogP contribution in [0.4, 0.5) is 0 Å². The van der Waals surface area contributed by atoms with Crippen LogP contribution < -0.4 is 4.74 Å². The van der Waals surface area contributed by atoms with Crippen molar-refractivity contribution in [2.24, 2.45) is 0 Å². The Labute approximate surface area is 201 Å². The summed E-state index contributed by atoms with van der Waals surface area (Å²) in [5.41, 5.74) is 12.2. The van der Waals surface area contributed by atoms with Crippen LogP contribution in [0.1, 0.15) is 73.4 Å². The number of benzene rings is 3. The van der Waals surface area contributed by atoms with E-state index in [0.29, 0.717) is 0 Å². The van der Waals surface area contributed by atoms with E-state index in [1.54, 1.807) is 0 Å². The van der Waals surface area contributed by atoms with E-state index in [1.807, 2.05) is 7.11 Å². The molecule has 2 saturated heterocycles. The smallest absolute Gasteiger partial charge is 0.151 e. The molecule has 0 radical (unpaired) electrons. The Hall–Kier alpha value is -2.66. The number of hydrogen-bond donors (Lipinski definition) is 0. The maximum Gasteiger partial charge on any atom is 0.151 e. The van der Waals surface area contributed by atoms with Crippen LogP contribution in [0.5, 0.6) is 11.5 Å². The number of ether oxygens (including phenoxy) is 4. The molecule has 2 unspecified atom stereocenters. The number of methoxy groups -OCH3 is 1. The summed E-state index contributed by atoms with van der Waals surface area (Å²) in [4.78, 5) is 0. The molecule has 0 N–H and O–H groups in total. The molecule has 3 aliphatic rings. The lowest BCUT2D eigenvalue weighted by Crippen LogP contribution is -2.38. The quantitative estimate of drug-likeness (QED) is 0.409. The van der Waals surface area contributed by atoms with Gasteiger partial charge < -0.3 is 18.9 Å². The summed E-state index contributed by atoms with van der Waals surface area (Å²) >= 11 is 0. The molecule has 2 fully saturated rings. The highest BCUT2D eigenvalue weighted by molar-refractivity contribution is 5.73. The lowest BCUT2D eigenvalue weighted by molar-refractivity contribution is 0.0482. The first-order valence-electron chi connectivity index (χ1n) is 12.1. The molecule has 0 saturated carbocycles. The zero-order valence-corrected chi connectivity index (χ0v) is 21.1. The molecule has 2 atom stereocenters. The fourth-order valence-electron chi connectivity index (χ4n) is 6.30. The first-order chi connectivity index (χ1) is 16.3. The highest BCUT2D eigenvalue weighted by atomic mass is 16.6. The van der Waals surface area contributed by atoms with Crippen LogP contribution in [0.25, 0.3) is 0 Å². The van der Waals surface area contributed by atoms with E-state index in [4.69, 9.17) is 18.9 Å². The summed E-state index contributed by atoms with van der Waals surface area (Å²) in [7, 11) is 1.83. The Morgan fingerprint density at radius 1 is 0.676 bits per heavy atom. The minimum atomic E-state index is -0.803. The van der Waals surface area contributed by atoms with Crippen molar-refractivity contribution in [2.75, 3.05) is 20.3 Å².